The number of fused-ring (bicyclic) bond motifs is 1. The maximum atomic E-state index is 13.3. The van der Waals surface area contributed by atoms with E-state index in [1.165, 1.54) is 24.5 Å². The normalized spacial score (nSPS) is 11.9. The average molecular weight is 438 g/mol. The molecular weight excluding hydrogens is 412 g/mol. The van der Waals surface area contributed by atoms with Crippen LogP contribution in [-0.2, 0) is 9.53 Å². The van der Waals surface area contributed by atoms with E-state index in [-0.39, 0.29) is 40.7 Å². The van der Waals surface area contributed by atoms with E-state index in [2.05, 4.69) is 5.32 Å². The highest BCUT2D eigenvalue weighted by Gasteiger charge is 2.31. The smallest absolute Gasteiger partial charge is 0.344 e. The first-order chi connectivity index (χ1) is 15.2. The Morgan fingerprint density at radius 2 is 1.81 bits per heavy atom. The van der Waals surface area contributed by atoms with Crippen molar-refractivity contribution in [2.75, 3.05) is 11.9 Å². The second-order valence-electron chi connectivity index (χ2n) is 7.48. The summed E-state index contributed by atoms with van der Waals surface area (Å²) >= 11 is 0. The van der Waals surface area contributed by atoms with Crippen molar-refractivity contribution in [3.05, 3.63) is 63.1 Å². The number of pyridine rings is 1. The van der Waals surface area contributed by atoms with E-state index in [1.807, 2.05) is 19.1 Å². The summed E-state index contributed by atoms with van der Waals surface area (Å²) in [6.45, 7) is 8.19. The van der Waals surface area contributed by atoms with Crippen LogP contribution < -0.4 is 10.9 Å². The zero-order valence-electron chi connectivity index (χ0n) is 18.8. The summed E-state index contributed by atoms with van der Waals surface area (Å²) in [5, 5.41) is 3.46. The monoisotopic (exact) mass is 438 g/mol. The molecule has 0 aliphatic heterocycles. The van der Waals surface area contributed by atoms with Crippen LogP contribution in [0, 0.1) is 13.8 Å². The fourth-order valence-electron chi connectivity index (χ4n) is 3.92. The van der Waals surface area contributed by atoms with Crippen LogP contribution >= 0.6 is 0 Å². The molecule has 0 saturated heterocycles. The molecule has 0 aliphatic rings. The van der Waals surface area contributed by atoms with Gasteiger partial charge in [0.05, 0.1) is 17.7 Å². The first kappa shape index (κ1) is 23.0. The highest BCUT2D eigenvalue weighted by atomic mass is 16.5. The van der Waals surface area contributed by atoms with Gasteiger partial charge in [-0.3, -0.25) is 24.3 Å². The summed E-state index contributed by atoms with van der Waals surface area (Å²) in [4.78, 5) is 50.8. The number of hydrogen-bond acceptors (Lipinski definition) is 6. The number of carbonyl (C=O) groups excluding carboxylic acids is 3. The molecule has 1 unspecified atom stereocenters. The largest absolute Gasteiger partial charge is 0.462 e. The number of ketones is 1. The van der Waals surface area contributed by atoms with Gasteiger partial charge >= 0.3 is 5.97 Å². The van der Waals surface area contributed by atoms with Crippen molar-refractivity contribution < 1.29 is 23.5 Å². The summed E-state index contributed by atoms with van der Waals surface area (Å²) in [6, 6.07) is 7.97. The van der Waals surface area contributed by atoms with Gasteiger partial charge < -0.3 is 9.15 Å². The summed E-state index contributed by atoms with van der Waals surface area (Å²) < 4.78 is 12.1. The zero-order chi connectivity index (χ0) is 23.6. The summed E-state index contributed by atoms with van der Waals surface area (Å²) in [7, 11) is 0. The molecule has 0 fully saturated rings. The van der Waals surface area contributed by atoms with Gasteiger partial charge in [-0.15, -0.1) is 0 Å². The van der Waals surface area contributed by atoms with E-state index in [0.717, 1.165) is 10.9 Å². The Hall–Kier alpha value is -3.68. The van der Waals surface area contributed by atoms with Crippen molar-refractivity contribution in [1.29, 1.82) is 0 Å². The number of furan rings is 1. The number of Topliss-reactive ketones (excluding diaryl/α,β-unsaturated/α-hetero) is 1. The van der Waals surface area contributed by atoms with Crippen LogP contribution in [0.15, 0.2) is 39.5 Å². The lowest BCUT2D eigenvalue weighted by atomic mass is 10.1. The van der Waals surface area contributed by atoms with Crippen LogP contribution in [0.5, 0.6) is 0 Å². The van der Waals surface area contributed by atoms with Crippen LogP contribution in [0.2, 0.25) is 0 Å². The van der Waals surface area contributed by atoms with Gasteiger partial charge in [-0.25, -0.2) is 4.79 Å². The standard InChI is InChI=1S/C24H26N2O6/c1-6-17(26-18-11-9-8-10-16(18)13(3)12-19(26)28)22(29)25-23-21(24(30)31-7-2)20(14(4)27)15(5)32-23/h8-12,17H,6-7H2,1-5H3,(H,25,29). The Kier molecular flexibility index (Phi) is 6.62. The molecule has 8 heteroatoms. The fraction of sp³-hybridized carbons (Fsp3) is 0.333. The molecule has 0 saturated carbocycles. The van der Waals surface area contributed by atoms with E-state index in [4.69, 9.17) is 9.15 Å². The van der Waals surface area contributed by atoms with Crippen LogP contribution in [0.3, 0.4) is 0 Å². The number of rotatable bonds is 7. The summed E-state index contributed by atoms with van der Waals surface area (Å²) in [5.74, 6) is -1.67. The third-order valence-corrected chi connectivity index (χ3v) is 5.32. The number of anilines is 1. The van der Waals surface area contributed by atoms with E-state index in [1.54, 1.807) is 26.0 Å². The predicted octanol–water partition coefficient (Wildman–Crippen LogP) is 4.18. The van der Waals surface area contributed by atoms with Crippen molar-refractivity contribution in [3.8, 4) is 0 Å². The molecule has 8 nitrogen and oxygen atoms in total. The Balaban J connectivity index is 2.09. The highest BCUT2D eigenvalue weighted by molar-refractivity contribution is 6.11. The number of nitrogens with one attached hydrogen (secondary N) is 1. The van der Waals surface area contributed by atoms with Gasteiger partial charge in [0.2, 0.25) is 11.8 Å². The van der Waals surface area contributed by atoms with Gasteiger partial charge in [0.15, 0.2) is 5.78 Å². The second-order valence-corrected chi connectivity index (χ2v) is 7.48. The molecule has 3 rings (SSSR count). The van der Waals surface area contributed by atoms with E-state index >= 15 is 0 Å². The van der Waals surface area contributed by atoms with Crippen molar-refractivity contribution in [2.24, 2.45) is 0 Å². The maximum Gasteiger partial charge on any atom is 0.344 e. The molecule has 0 aliphatic carbocycles. The van der Waals surface area contributed by atoms with Crippen LogP contribution in [0.25, 0.3) is 10.9 Å². The van der Waals surface area contributed by atoms with Gasteiger partial charge in [0.25, 0.3) is 5.56 Å². The van der Waals surface area contributed by atoms with Gasteiger partial charge in [-0.1, -0.05) is 25.1 Å². The van der Waals surface area contributed by atoms with E-state index < -0.39 is 17.9 Å². The maximum absolute atomic E-state index is 13.3. The zero-order valence-corrected chi connectivity index (χ0v) is 18.8. The van der Waals surface area contributed by atoms with Crippen molar-refractivity contribution in [2.45, 2.75) is 47.1 Å². The number of para-hydroxylation sites is 1. The molecule has 1 aromatic carbocycles. The number of aryl methyl sites for hydroxylation is 2. The lowest BCUT2D eigenvalue weighted by Gasteiger charge is -2.20. The van der Waals surface area contributed by atoms with E-state index in [9.17, 15) is 19.2 Å². The van der Waals surface area contributed by atoms with Crippen LogP contribution in [0.4, 0.5) is 5.88 Å². The van der Waals surface area contributed by atoms with Crippen molar-refractivity contribution in [3.63, 3.8) is 0 Å². The van der Waals surface area contributed by atoms with Gasteiger partial charge in [0.1, 0.15) is 17.4 Å². The molecule has 2 heterocycles. The van der Waals surface area contributed by atoms with Crippen molar-refractivity contribution in [1.82, 2.24) is 4.57 Å². The quantitative estimate of drug-likeness (QED) is 0.438. The van der Waals surface area contributed by atoms with Gasteiger partial charge in [-0.2, -0.15) is 0 Å². The Bertz CT molecular complexity index is 1270. The minimum absolute atomic E-state index is 0.0600. The first-order valence-electron chi connectivity index (χ1n) is 10.4. The molecule has 0 spiro atoms. The predicted molar refractivity (Wildman–Crippen MR) is 120 cm³/mol. The van der Waals surface area contributed by atoms with Crippen LogP contribution in [0.1, 0.15) is 65.3 Å². The number of nitrogens with zero attached hydrogens (tertiary/aromatic N) is 1. The third-order valence-electron chi connectivity index (χ3n) is 5.32. The fourth-order valence-corrected chi connectivity index (χ4v) is 3.92. The molecule has 1 atom stereocenters. The number of carbonyl (C=O) groups is 3. The van der Waals surface area contributed by atoms with Gasteiger partial charge in [-0.05, 0) is 45.7 Å². The molecule has 0 radical (unpaired) electrons. The lowest BCUT2D eigenvalue weighted by molar-refractivity contribution is -0.119. The molecule has 2 aromatic heterocycles. The third kappa shape index (κ3) is 4.08. The SMILES string of the molecule is CCOC(=O)c1c(NC(=O)C(CC)n2c(=O)cc(C)c3ccccc32)oc(C)c1C(C)=O. The molecule has 32 heavy (non-hydrogen) atoms. The second kappa shape index (κ2) is 9.21. The minimum Gasteiger partial charge on any atom is -0.462 e. The number of esters is 1. The number of aromatic nitrogens is 1. The summed E-state index contributed by atoms with van der Waals surface area (Å²) in [5.41, 5.74) is 1.07. The molecule has 0 bridgehead atoms. The Morgan fingerprint density at radius 3 is 2.44 bits per heavy atom. The van der Waals surface area contributed by atoms with E-state index in [0.29, 0.717) is 11.9 Å². The number of benzene rings is 1. The summed E-state index contributed by atoms with van der Waals surface area (Å²) in [6.07, 6.45) is 0.312. The molecule has 3 aromatic rings. The topological polar surface area (TPSA) is 108 Å². The Morgan fingerprint density at radius 1 is 1.12 bits per heavy atom. The highest BCUT2D eigenvalue weighted by Crippen LogP contribution is 2.30. The van der Waals surface area contributed by atoms with Gasteiger partial charge in [0, 0.05) is 11.5 Å². The average Bonchev–Trinajstić information content (AvgIpc) is 3.07. The first-order valence-corrected chi connectivity index (χ1v) is 10.4. The lowest BCUT2D eigenvalue weighted by Crippen LogP contribution is -2.33. The molecular formula is C24H26N2O6. The molecule has 1 N–H and O–H groups in total. The number of hydrogen-bond donors (Lipinski definition) is 1. The van der Waals surface area contributed by atoms with Crippen molar-refractivity contribution >= 4 is 34.4 Å². The minimum atomic E-state index is -0.866. The Labute approximate surface area is 185 Å². The molecule has 1 amide bonds. The van der Waals surface area contributed by atoms with Crippen LogP contribution in [-0.4, -0.2) is 28.8 Å². The number of ether oxygens (including phenoxy) is 1. The molecule has 168 valence electrons. The number of amides is 1.